The van der Waals surface area contributed by atoms with Crippen LogP contribution in [0.3, 0.4) is 0 Å². The van der Waals surface area contributed by atoms with Crippen molar-refractivity contribution in [2.45, 2.75) is 6.61 Å². The van der Waals surface area contributed by atoms with Crippen LogP contribution < -0.4 is 5.73 Å². The first-order chi connectivity index (χ1) is 6.22. The maximum atomic E-state index is 10.7. The van der Waals surface area contributed by atoms with Crippen LogP contribution in [0.25, 0.3) is 0 Å². The Morgan fingerprint density at radius 2 is 2.31 bits per heavy atom. The lowest BCUT2D eigenvalue weighted by Gasteiger charge is -2.03. The largest absolute Gasteiger partial charge is 0.460 e. The summed E-state index contributed by atoms with van der Waals surface area (Å²) >= 11 is 3.32. The molecule has 0 aliphatic rings. The maximum Gasteiger partial charge on any atom is 0.320 e. The van der Waals surface area contributed by atoms with Crippen LogP contribution in [0, 0.1) is 0 Å². The Labute approximate surface area is 85.0 Å². The molecule has 0 bridgehead atoms. The van der Waals surface area contributed by atoms with E-state index in [2.05, 4.69) is 15.9 Å². The second kappa shape index (κ2) is 4.99. The molecule has 3 nitrogen and oxygen atoms in total. The molecular weight excluding hydrogens is 234 g/mol. The zero-order valence-electron chi connectivity index (χ0n) is 7.00. The molecule has 0 atom stereocenters. The average molecular weight is 244 g/mol. The van der Waals surface area contributed by atoms with Crippen molar-refractivity contribution < 1.29 is 9.53 Å². The zero-order valence-corrected chi connectivity index (χ0v) is 8.58. The summed E-state index contributed by atoms with van der Waals surface area (Å²) in [6.07, 6.45) is 0. The van der Waals surface area contributed by atoms with Crippen LogP contribution in [-0.2, 0) is 16.1 Å². The highest BCUT2D eigenvalue weighted by Gasteiger charge is 1.99. The molecule has 1 rings (SSSR count). The van der Waals surface area contributed by atoms with Crippen LogP contribution in [-0.4, -0.2) is 12.5 Å². The van der Waals surface area contributed by atoms with Crippen molar-refractivity contribution in [3.05, 3.63) is 34.3 Å². The van der Waals surface area contributed by atoms with Crippen molar-refractivity contribution in [1.29, 1.82) is 0 Å². The van der Waals surface area contributed by atoms with E-state index in [1.807, 2.05) is 24.3 Å². The highest BCUT2D eigenvalue weighted by atomic mass is 79.9. The van der Waals surface area contributed by atoms with Gasteiger partial charge in [0.15, 0.2) is 0 Å². The van der Waals surface area contributed by atoms with Gasteiger partial charge in [-0.25, -0.2) is 0 Å². The van der Waals surface area contributed by atoms with Gasteiger partial charge in [0, 0.05) is 4.47 Å². The first-order valence-electron chi connectivity index (χ1n) is 3.82. The topological polar surface area (TPSA) is 52.3 Å². The Kier molecular flexibility index (Phi) is 3.92. The summed E-state index contributed by atoms with van der Waals surface area (Å²) < 4.78 is 5.81. The predicted molar refractivity (Wildman–Crippen MR) is 53.0 cm³/mol. The molecule has 0 aromatic heterocycles. The number of hydrogen-bond donors (Lipinski definition) is 1. The van der Waals surface area contributed by atoms with Crippen LogP contribution in [0.5, 0.6) is 0 Å². The number of carbonyl (C=O) groups is 1. The number of ether oxygens (including phenoxy) is 1. The fraction of sp³-hybridized carbons (Fsp3) is 0.222. The molecule has 4 heteroatoms. The lowest BCUT2D eigenvalue weighted by Crippen LogP contribution is -2.16. The first kappa shape index (κ1) is 10.2. The number of nitrogens with two attached hydrogens (primary N) is 1. The predicted octanol–water partition coefficient (Wildman–Crippen LogP) is 1.45. The van der Waals surface area contributed by atoms with E-state index < -0.39 is 0 Å². The quantitative estimate of drug-likeness (QED) is 0.818. The van der Waals surface area contributed by atoms with Crippen molar-refractivity contribution >= 4 is 21.9 Å². The van der Waals surface area contributed by atoms with Gasteiger partial charge in [-0.15, -0.1) is 0 Å². The van der Waals surface area contributed by atoms with E-state index in [0.717, 1.165) is 10.0 Å². The van der Waals surface area contributed by atoms with Gasteiger partial charge < -0.3 is 10.5 Å². The lowest BCUT2D eigenvalue weighted by atomic mass is 10.2. The molecule has 0 radical (unpaired) electrons. The SMILES string of the molecule is NCC(=O)OCc1cccc(Br)c1. The smallest absolute Gasteiger partial charge is 0.320 e. The third-order valence-electron chi connectivity index (χ3n) is 1.46. The molecule has 0 spiro atoms. The van der Waals surface area contributed by atoms with Crippen LogP contribution in [0.2, 0.25) is 0 Å². The lowest BCUT2D eigenvalue weighted by molar-refractivity contribution is -0.143. The minimum absolute atomic E-state index is 0.0754. The number of esters is 1. The number of hydrogen-bond acceptors (Lipinski definition) is 3. The van der Waals surface area contributed by atoms with Crippen molar-refractivity contribution in [1.82, 2.24) is 0 Å². The van der Waals surface area contributed by atoms with E-state index in [0.29, 0.717) is 0 Å². The Balaban J connectivity index is 2.50. The summed E-state index contributed by atoms with van der Waals surface area (Å²) in [5.41, 5.74) is 6.02. The summed E-state index contributed by atoms with van der Waals surface area (Å²) in [6, 6.07) is 7.57. The minimum Gasteiger partial charge on any atom is -0.460 e. The van der Waals surface area contributed by atoms with Crippen molar-refractivity contribution in [2.75, 3.05) is 6.54 Å². The van der Waals surface area contributed by atoms with Gasteiger partial charge in [-0.2, -0.15) is 0 Å². The summed E-state index contributed by atoms with van der Waals surface area (Å²) in [5, 5.41) is 0. The van der Waals surface area contributed by atoms with Crippen LogP contribution >= 0.6 is 15.9 Å². The monoisotopic (exact) mass is 243 g/mol. The van der Waals surface area contributed by atoms with Gasteiger partial charge in [0.1, 0.15) is 6.61 Å². The molecule has 0 aliphatic carbocycles. The van der Waals surface area contributed by atoms with Crippen molar-refractivity contribution in [3.63, 3.8) is 0 Å². The zero-order chi connectivity index (χ0) is 9.68. The molecule has 0 amide bonds. The van der Waals surface area contributed by atoms with Crippen molar-refractivity contribution in [2.24, 2.45) is 5.73 Å². The van der Waals surface area contributed by atoms with Gasteiger partial charge in [0.25, 0.3) is 0 Å². The standard InChI is InChI=1S/C9H10BrNO2/c10-8-3-1-2-7(4-8)6-13-9(12)5-11/h1-4H,5-6,11H2. The van der Waals surface area contributed by atoms with Gasteiger partial charge in [-0.3, -0.25) is 4.79 Å². The van der Waals surface area contributed by atoms with E-state index in [-0.39, 0.29) is 19.1 Å². The normalized spacial score (nSPS) is 9.69. The fourth-order valence-corrected chi connectivity index (χ4v) is 1.30. The van der Waals surface area contributed by atoms with Gasteiger partial charge in [-0.1, -0.05) is 28.1 Å². The van der Waals surface area contributed by atoms with E-state index >= 15 is 0 Å². The molecule has 1 aromatic rings. The van der Waals surface area contributed by atoms with E-state index in [4.69, 9.17) is 10.5 Å². The molecule has 0 fully saturated rings. The molecule has 0 unspecified atom stereocenters. The second-order valence-corrected chi connectivity index (χ2v) is 3.41. The highest BCUT2D eigenvalue weighted by Crippen LogP contribution is 2.12. The van der Waals surface area contributed by atoms with Gasteiger partial charge in [-0.05, 0) is 17.7 Å². The molecule has 0 heterocycles. The minimum atomic E-state index is -0.389. The van der Waals surface area contributed by atoms with Gasteiger partial charge >= 0.3 is 5.97 Å². The van der Waals surface area contributed by atoms with E-state index in [1.54, 1.807) is 0 Å². The summed E-state index contributed by atoms with van der Waals surface area (Å²) in [7, 11) is 0. The third kappa shape index (κ3) is 3.57. The summed E-state index contributed by atoms with van der Waals surface area (Å²) in [5.74, 6) is -0.389. The average Bonchev–Trinajstić information content (AvgIpc) is 2.14. The van der Waals surface area contributed by atoms with Crippen molar-refractivity contribution in [3.8, 4) is 0 Å². The van der Waals surface area contributed by atoms with Crippen LogP contribution in [0.4, 0.5) is 0 Å². The molecule has 13 heavy (non-hydrogen) atoms. The van der Waals surface area contributed by atoms with Crippen LogP contribution in [0.1, 0.15) is 5.56 Å². The maximum absolute atomic E-state index is 10.7. The number of halogens is 1. The Hall–Kier alpha value is -0.870. The molecule has 0 saturated carbocycles. The van der Waals surface area contributed by atoms with E-state index in [1.165, 1.54) is 0 Å². The Morgan fingerprint density at radius 3 is 2.92 bits per heavy atom. The Bertz CT molecular complexity index is 301. The molecule has 2 N–H and O–H groups in total. The molecule has 0 saturated heterocycles. The summed E-state index contributed by atoms with van der Waals surface area (Å²) in [4.78, 5) is 10.7. The number of benzene rings is 1. The van der Waals surface area contributed by atoms with Gasteiger partial charge in [0.05, 0.1) is 6.54 Å². The molecule has 0 aliphatic heterocycles. The number of carbonyl (C=O) groups excluding carboxylic acids is 1. The first-order valence-corrected chi connectivity index (χ1v) is 4.62. The summed E-state index contributed by atoms with van der Waals surface area (Å²) in [6.45, 7) is 0.198. The molecular formula is C9H10BrNO2. The fourth-order valence-electron chi connectivity index (χ4n) is 0.850. The van der Waals surface area contributed by atoms with E-state index in [9.17, 15) is 4.79 Å². The molecule has 1 aromatic carbocycles. The third-order valence-corrected chi connectivity index (χ3v) is 1.95. The van der Waals surface area contributed by atoms with Gasteiger partial charge in [0.2, 0.25) is 0 Å². The molecule has 70 valence electrons. The second-order valence-electron chi connectivity index (χ2n) is 2.49. The highest BCUT2D eigenvalue weighted by molar-refractivity contribution is 9.10. The Morgan fingerprint density at radius 1 is 1.54 bits per heavy atom. The van der Waals surface area contributed by atoms with Crippen LogP contribution in [0.15, 0.2) is 28.7 Å². The number of rotatable bonds is 3.